The molecule has 0 fully saturated rings. The zero-order valence-electron chi connectivity index (χ0n) is 17.3. The van der Waals surface area contributed by atoms with Crippen LogP contribution in [0.3, 0.4) is 0 Å². The molecular formula is C28H30. The third-order valence-electron chi connectivity index (χ3n) is 5.04. The first kappa shape index (κ1) is 21.2. The third kappa shape index (κ3) is 3.39. The van der Waals surface area contributed by atoms with Crippen LogP contribution in [0, 0.1) is 0 Å². The molecule has 0 spiro atoms. The van der Waals surface area contributed by atoms with Gasteiger partial charge in [-0.2, -0.15) is 0 Å². The van der Waals surface area contributed by atoms with E-state index in [-0.39, 0.29) is 0 Å². The lowest BCUT2D eigenvalue weighted by atomic mass is 9.65. The van der Waals surface area contributed by atoms with E-state index in [9.17, 15) is 0 Å². The monoisotopic (exact) mass is 366 g/mol. The van der Waals surface area contributed by atoms with E-state index in [1.807, 2.05) is 32.1 Å². The maximum Gasteiger partial charge on any atom is 0.0713 e. The molecule has 2 rings (SSSR count). The van der Waals surface area contributed by atoms with Crippen molar-refractivity contribution in [1.29, 1.82) is 0 Å². The van der Waals surface area contributed by atoms with Crippen LogP contribution in [0.5, 0.6) is 0 Å². The van der Waals surface area contributed by atoms with Crippen molar-refractivity contribution in [3.8, 4) is 0 Å². The highest BCUT2D eigenvalue weighted by Crippen LogP contribution is 2.58. The largest absolute Gasteiger partial charge is 0.0991 e. The fraction of sp³-hybridized carbons (Fsp3) is 0.143. The van der Waals surface area contributed by atoms with Crippen molar-refractivity contribution in [2.75, 3.05) is 0 Å². The van der Waals surface area contributed by atoms with E-state index in [2.05, 4.69) is 99.5 Å². The van der Waals surface area contributed by atoms with Gasteiger partial charge in [-0.3, -0.25) is 0 Å². The Bertz CT molecular complexity index is 902. The number of benzene rings is 1. The van der Waals surface area contributed by atoms with E-state index in [1.165, 1.54) is 22.3 Å². The molecule has 1 aromatic carbocycles. The molecule has 0 unspecified atom stereocenters. The highest BCUT2D eigenvalue weighted by atomic mass is 14.5. The zero-order chi connectivity index (χ0) is 20.6. The van der Waals surface area contributed by atoms with Crippen molar-refractivity contribution in [3.05, 3.63) is 139 Å². The smallest absolute Gasteiger partial charge is 0.0713 e. The van der Waals surface area contributed by atoms with Gasteiger partial charge in [0.1, 0.15) is 0 Å². The molecule has 0 bridgehead atoms. The molecule has 0 radical (unpaired) electrons. The summed E-state index contributed by atoms with van der Waals surface area (Å²) in [6.07, 6.45) is 22.7. The lowest BCUT2D eigenvalue weighted by Gasteiger charge is -2.36. The Morgan fingerprint density at radius 1 is 0.821 bits per heavy atom. The van der Waals surface area contributed by atoms with E-state index in [4.69, 9.17) is 0 Å². The standard InChI is InChI=1S/C28H30/c1-7-15-22(16-8-2)28(23(17-9-3)18-10-4)26(19-11-5)24(12-6)25-20-13-14-21-27(25)28/h7-21H,1,3,5H2,2,4,6H3/b16-8-,18-10-,22-15+,23-17+,24-12-,26-19+. The Morgan fingerprint density at radius 3 is 1.86 bits per heavy atom. The molecule has 28 heavy (non-hydrogen) atoms. The molecule has 0 atom stereocenters. The molecule has 0 heterocycles. The van der Waals surface area contributed by atoms with E-state index in [0.717, 1.165) is 11.1 Å². The number of fused-ring (bicyclic) bond motifs is 1. The quantitative estimate of drug-likeness (QED) is 0.431. The molecule has 0 heteroatoms. The van der Waals surface area contributed by atoms with E-state index < -0.39 is 5.41 Å². The third-order valence-corrected chi connectivity index (χ3v) is 5.04. The molecule has 0 aromatic heterocycles. The fourth-order valence-corrected chi connectivity index (χ4v) is 4.19. The average Bonchev–Trinajstić information content (AvgIpc) is 2.98. The van der Waals surface area contributed by atoms with Crippen molar-refractivity contribution < 1.29 is 0 Å². The first-order valence-corrected chi connectivity index (χ1v) is 9.68. The van der Waals surface area contributed by atoms with Crippen LogP contribution < -0.4 is 0 Å². The molecule has 1 aliphatic carbocycles. The SMILES string of the molecule is C=C/C=C(\C=C/C)C1(C(/C=C\C)=C/C=C)C(=C/C=C)/C(=C\C)c2ccccc21. The predicted octanol–water partition coefficient (Wildman–Crippen LogP) is 7.83. The van der Waals surface area contributed by atoms with Crippen LogP contribution in [0.2, 0.25) is 0 Å². The Kier molecular flexibility index (Phi) is 7.35. The lowest BCUT2D eigenvalue weighted by molar-refractivity contribution is 0.766. The summed E-state index contributed by atoms with van der Waals surface area (Å²) < 4.78 is 0. The van der Waals surface area contributed by atoms with Crippen molar-refractivity contribution in [2.45, 2.75) is 26.2 Å². The summed E-state index contributed by atoms with van der Waals surface area (Å²) in [5.74, 6) is 0. The Hall–Kier alpha value is -3.12. The summed E-state index contributed by atoms with van der Waals surface area (Å²) in [5, 5.41) is 0. The maximum atomic E-state index is 4.01. The number of rotatable bonds is 7. The van der Waals surface area contributed by atoms with Gasteiger partial charge in [0.15, 0.2) is 0 Å². The Balaban J connectivity index is 3.18. The van der Waals surface area contributed by atoms with Gasteiger partial charge in [-0.1, -0.05) is 111 Å². The minimum atomic E-state index is -0.464. The second-order valence-corrected chi connectivity index (χ2v) is 6.53. The number of hydrogen-bond donors (Lipinski definition) is 0. The molecule has 0 amide bonds. The van der Waals surface area contributed by atoms with Crippen LogP contribution in [-0.2, 0) is 5.41 Å². The molecule has 0 saturated heterocycles. The Labute approximate surface area is 170 Å². The minimum Gasteiger partial charge on any atom is -0.0991 e. The highest BCUT2D eigenvalue weighted by Gasteiger charge is 2.48. The second kappa shape index (κ2) is 9.71. The minimum absolute atomic E-state index is 0.464. The van der Waals surface area contributed by atoms with Gasteiger partial charge in [-0.25, -0.2) is 0 Å². The normalized spacial score (nSPS) is 23.0. The van der Waals surface area contributed by atoms with Gasteiger partial charge in [-0.15, -0.1) is 0 Å². The van der Waals surface area contributed by atoms with Crippen LogP contribution in [0.4, 0.5) is 0 Å². The molecule has 0 saturated carbocycles. The van der Waals surface area contributed by atoms with Gasteiger partial charge in [0.05, 0.1) is 5.41 Å². The van der Waals surface area contributed by atoms with Crippen molar-refractivity contribution in [1.82, 2.24) is 0 Å². The lowest BCUT2D eigenvalue weighted by Crippen LogP contribution is -2.29. The van der Waals surface area contributed by atoms with Crippen molar-refractivity contribution in [3.63, 3.8) is 0 Å². The van der Waals surface area contributed by atoms with Crippen LogP contribution in [-0.4, -0.2) is 0 Å². The number of hydrogen-bond acceptors (Lipinski definition) is 0. The van der Waals surface area contributed by atoms with Crippen LogP contribution >= 0.6 is 0 Å². The highest BCUT2D eigenvalue weighted by molar-refractivity contribution is 5.95. The average molecular weight is 367 g/mol. The predicted molar refractivity (Wildman–Crippen MR) is 126 cm³/mol. The molecule has 1 aromatic rings. The molecule has 0 nitrogen and oxygen atoms in total. The van der Waals surface area contributed by atoms with Gasteiger partial charge in [0, 0.05) is 0 Å². The van der Waals surface area contributed by atoms with E-state index in [0.29, 0.717) is 0 Å². The van der Waals surface area contributed by atoms with E-state index >= 15 is 0 Å². The summed E-state index contributed by atoms with van der Waals surface area (Å²) in [7, 11) is 0. The summed E-state index contributed by atoms with van der Waals surface area (Å²) in [5.41, 5.74) is 6.81. The second-order valence-electron chi connectivity index (χ2n) is 6.53. The molecule has 0 N–H and O–H groups in total. The summed E-state index contributed by atoms with van der Waals surface area (Å²) in [6.45, 7) is 18.2. The maximum absolute atomic E-state index is 4.01. The first-order chi connectivity index (χ1) is 13.7. The van der Waals surface area contributed by atoms with Crippen LogP contribution in [0.25, 0.3) is 5.57 Å². The van der Waals surface area contributed by atoms with E-state index in [1.54, 1.807) is 0 Å². The first-order valence-electron chi connectivity index (χ1n) is 9.68. The van der Waals surface area contributed by atoms with Gasteiger partial charge < -0.3 is 0 Å². The van der Waals surface area contributed by atoms with Crippen LogP contribution in [0.1, 0.15) is 31.9 Å². The van der Waals surface area contributed by atoms with Gasteiger partial charge in [0.2, 0.25) is 0 Å². The van der Waals surface area contributed by atoms with Crippen molar-refractivity contribution in [2.24, 2.45) is 0 Å². The molecular weight excluding hydrogens is 336 g/mol. The Morgan fingerprint density at radius 2 is 1.39 bits per heavy atom. The summed E-state index contributed by atoms with van der Waals surface area (Å²) in [4.78, 5) is 0. The summed E-state index contributed by atoms with van der Waals surface area (Å²) in [6, 6.07) is 8.64. The fourth-order valence-electron chi connectivity index (χ4n) is 4.19. The zero-order valence-corrected chi connectivity index (χ0v) is 17.3. The number of allylic oxidation sites excluding steroid dienone is 15. The topological polar surface area (TPSA) is 0 Å². The molecule has 0 aliphatic heterocycles. The summed E-state index contributed by atoms with van der Waals surface area (Å²) >= 11 is 0. The van der Waals surface area contributed by atoms with Crippen LogP contribution in [0.15, 0.2) is 128 Å². The van der Waals surface area contributed by atoms with Gasteiger partial charge in [0.25, 0.3) is 0 Å². The molecule has 142 valence electrons. The van der Waals surface area contributed by atoms with Crippen molar-refractivity contribution >= 4 is 5.57 Å². The van der Waals surface area contributed by atoms with Gasteiger partial charge in [-0.05, 0) is 54.2 Å². The van der Waals surface area contributed by atoms with Gasteiger partial charge >= 0.3 is 0 Å². The molecule has 1 aliphatic rings.